The van der Waals surface area contributed by atoms with Gasteiger partial charge in [0, 0.05) is 17.3 Å². The van der Waals surface area contributed by atoms with E-state index in [1.54, 1.807) is 29.9 Å². The molecule has 4 aromatic heterocycles. The maximum absolute atomic E-state index is 13.1. The second-order valence-corrected chi connectivity index (χ2v) is 7.78. The number of nitrogens with zero attached hydrogens (tertiary/aromatic N) is 5. The zero-order chi connectivity index (χ0) is 21.2. The van der Waals surface area contributed by atoms with Gasteiger partial charge in [-0.25, -0.2) is 9.97 Å². The van der Waals surface area contributed by atoms with Gasteiger partial charge in [0.05, 0.1) is 23.8 Å². The molecule has 0 saturated carbocycles. The number of nitrogens with two attached hydrogens (primary N) is 1. The largest absolute Gasteiger partial charge is 0.383 e. The number of thiophene rings is 1. The van der Waals surface area contributed by atoms with Crippen molar-refractivity contribution in [3.05, 3.63) is 82.3 Å². The van der Waals surface area contributed by atoms with Crippen molar-refractivity contribution in [3.63, 3.8) is 0 Å². The lowest BCUT2D eigenvalue weighted by atomic mass is 10.2. The zero-order valence-corrected chi connectivity index (χ0v) is 17.1. The normalized spacial score (nSPS) is 11.5. The van der Waals surface area contributed by atoms with Crippen molar-refractivity contribution in [1.82, 2.24) is 24.9 Å². The Labute approximate surface area is 181 Å². The number of anilines is 1. The summed E-state index contributed by atoms with van der Waals surface area (Å²) in [6.45, 7) is 0.407. The molecule has 0 saturated heterocycles. The van der Waals surface area contributed by atoms with Crippen LogP contribution in [0.1, 0.15) is 20.8 Å². The molecule has 1 aromatic carbocycles. The third-order valence-corrected chi connectivity index (χ3v) is 5.61. The molecule has 8 nitrogen and oxygen atoms in total. The maximum Gasteiger partial charge on any atom is 0.257 e. The van der Waals surface area contributed by atoms with Crippen LogP contribution >= 0.6 is 11.3 Å². The SMILES string of the molecule is Nc1c(C(=O)NCc2cccs2)c2nc3ccccc3nc2n1N=Cc1ccncc1. The number of carbonyl (C=O) groups excluding carboxylic acids is 1. The molecule has 0 bridgehead atoms. The molecule has 0 radical (unpaired) electrons. The second kappa shape index (κ2) is 7.96. The molecule has 0 aliphatic rings. The monoisotopic (exact) mass is 427 g/mol. The number of nitrogen functional groups attached to an aromatic ring is 1. The number of rotatable bonds is 5. The number of fused-ring (bicyclic) bond motifs is 2. The summed E-state index contributed by atoms with van der Waals surface area (Å²) in [6, 6.07) is 15.0. The van der Waals surface area contributed by atoms with Gasteiger partial charge in [0.25, 0.3) is 5.91 Å². The van der Waals surface area contributed by atoms with E-state index in [4.69, 9.17) is 5.73 Å². The van der Waals surface area contributed by atoms with Crippen LogP contribution in [0.25, 0.3) is 22.2 Å². The van der Waals surface area contributed by atoms with E-state index < -0.39 is 0 Å². The van der Waals surface area contributed by atoms with Crippen LogP contribution in [0.15, 0.2) is 71.4 Å². The van der Waals surface area contributed by atoms with E-state index in [1.807, 2.05) is 53.9 Å². The number of amides is 1. The quantitative estimate of drug-likeness (QED) is 0.418. The Bertz CT molecular complexity index is 1410. The first-order chi connectivity index (χ1) is 15.2. The van der Waals surface area contributed by atoms with Crippen molar-refractivity contribution in [2.24, 2.45) is 5.10 Å². The molecule has 152 valence electrons. The predicted molar refractivity (Wildman–Crippen MR) is 122 cm³/mol. The zero-order valence-electron chi connectivity index (χ0n) is 16.3. The fourth-order valence-corrected chi connectivity index (χ4v) is 3.88. The van der Waals surface area contributed by atoms with Crippen LogP contribution in [0, 0.1) is 0 Å². The van der Waals surface area contributed by atoms with Gasteiger partial charge in [0.1, 0.15) is 16.9 Å². The molecule has 0 atom stereocenters. The van der Waals surface area contributed by atoms with Crippen molar-refractivity contribution < 1.29 is 4.79 Å². The van der Waals surface area contributed by atoms with Gasteiger partial charge in [-0.2, -0.15) is 9.78 Å². The lowest BCUT2D eigenvalue weighted by molar-refractivity contribution is 0.0953. The predicted octanol–water partition coefficient (Wildman–Crippen LogP) is 3.44. The van der Waals surface area contributed by atoms with Gasteiger partial charge < -0.3 is 11.1 Å². The minimum absolute atomic E-state index is 0.180. The van der Waals surface area contributed by atoms with Gasteiger partial charge in [-0.05, 0) is 41.3 Å². The highest BCUT2D eigenvalue weighted by molar-refractivity contribution is 7.09. The van der Waals surface area contributed by atoms with Crippen LogP contribution < -0.4 is 11.1 Å². The van der Waals surface area contributed by atoms with Crippen molar-refractivity contribution in [2.75, 3.05) is 5.73 Å². The second-order valence-electron chi connectivity index (χ2n) is 6.74. The summed E-state index contributed by atoms with van der Waals surface area (Å²) in [5.41, 5.74) is 9.69. The van der Waals surface area contributed by atoms with Gasteiger partial charge in [-0.15, -0.1) is 11.3 Å². The Kier molecular flexibility index (Phi) is 4.85. The minimum Gasteiger partial charge on any atom is -0.383 e. The summed E-state index contributed by atoms with van der Waals surface area (Å²) in [4.78, 5) is 27.5. The van der Waals surface area contributed by atoms with Crippen molar-refractivity contribution in [3.8, 4) is 0 Å². The fraction of sp³-hybridized carbons (Fsp3) is 0.0455. The van der Waals surface area contributed by atoms with Crippen molar-refractivity contribution >= 4 is 51.5 Å². The van der Waals surface area contributed by atoms with Crippen LogP contribution in [-0.2, 0) is 6.54 Å². The van der Waals surface area contributed by atoms with E-state index in [0.29, 0.717) is 28.7 Å². The van der Waals surface area contributed by atoms with E-state index in [9.17, 15) is 4.79 Å². The number of benzene rings is 1. The molecular formula is C22H17N7OS. The summed E-state index contributed by atoms with van der Waals surface area (Å²) in [7, 11) is 0. The first kappa shape index (κ1) is 18.9. The summed E-state index contributed by atoms with van der Waals surface area (Å²) in [6.07, 6.45) is 4.99. The number of pyridine rings is 1. The van der Waals surface area contributed by atoms with Crippen LogP contribution in [0.3, 0.4) is 0 Å². The molecule has 0 unspecified atom stereocenters. The van der Waals surface area contributed by atoms with Crippen LogP contribution in [0.5, 0.6) is 0 Å². The number of nitrogens with one attached hydrogen (secondary N) is 1. The molecule has 31 heavy (non-hydrogen) atoms. The lowest BCUT2D eigenvalue weighted by Crippen LogP contribution is -2.23. The molecule has 3 N–H and O–H groups in total. The molecule has 5 aromatic rings. The van der Waals surface area contributed by atoms with Gasteiger partial charge in [-0.1, -0.05) is 18.2 Å². The van der Waals surface area contributed by atoms with Crippen LogP contribution in [-0.4, -0.2) is 31.7 Å². The van der Waals surface area contributed by atoms with Crippen LogP contribution in [0.2, 0.25) is 0 Å². The summed E-state index contributed by atoms with van der Waals surface area (Å²) in [5, 5.41) is 9.37. The van der Waals surface area contributed by atoms with Gasteiger partial charge in [-0.3, -0.25) is 9.78 Å². The van der Waals surface area contributed by atoms with E-state index in [2.05, 4.69) is 25.4 Å². The molecule has 0 aliphatic carbocycles. The third kappa shape index (κ3) is 3.62. The van der Waals surface area contributed by atoms with E-state index in [0.717, 1.165) is 10.4 Å². The first-order valence-electron chi connectivity index (χ1n) is 9.52. The smallest absolute Gasteiger partial charge is 0.257 e. The highest BCUT2D eigenvalue weighted by atomic mass is 32.1. The van der Waals surface area contributed by atoms with Gasteiger partial charge in [0.2, 0.25) is 0 Å². The fourth-order valence-electron chi connectivity index (χ4n) is 3.23. The standard InChI is InChI=1S/C22H17N7OS/c23-20-18(22(30)25-13-15-4-3-11-31-15)19-21(28-17-6-2-1-5-16(17)27-19)29(20)26-12-14-7-9-24-10-8-14/h1-12H,13,23H2,(H,25,30). The topological polar surface area (TPSA) is 111 Å². The minimum atomic E-state index is -0.321. The number of hydrogen-bond acceptors (Lipinski definition) is 7. The molecular weight excluding hydrogens is 410 g/mol. The maximum atomic E-state index is 13.1. The molecule has 9 heteroatoms. The summed E-state index contributed by atoms with van der Waals surface area (Å²) < 4.78 is 1.45. The summed E-state index contributed by atoms with van der Waals surface area (Å²) >= 11 is 1.57. The Balaban J connectivity index is 1.63. The molecule has 4 heterocycles. The Morgan fingerprint density at radius 3 is 2.61 bits per heavy atom. The average molecular weight is 427 g/mol. The Morgan fingerprint density at radius 1 is 1.10 bits per heavy atom. The number of aromatic nitrogens is 4. The molecule has 0 spiro atoms. The van der Waals surface area contributed by atoms with E-state index in [1.165, 1.54) is 4.68 Å². The molecule has 1 amide bonds. The third-order valence-electron chi connectivity index (χ3n) is 4.73. The van der Waals surface area contributed by atoms with Gasteiger partial charge in [0.15, 0.2) is 5.65 Å². The highest BCUT2D eigenvalue weighted by Crippen LogP contribution is 2.28. The molecule has 0 aliphatic heterocycles. The number of para-hydroxylation sites is 2. The summed E-state index contributed by atoms with van der Waals surface area (Å²) in [5.74, 6) is -0.141. The van der Waals surface area contributed by atoms with E-state index in [-0.39, 0.29) is 17.3 Å². The van der Waals surface area contributed by atoms with Crippen LogP contribution in [0.4, 0.5) is 5.82 Å². The first-order valence-corrected chi connectivity index (χ1v) is 10.4. The Hall–Kier alpha value is -4.11. The van der Waals surface area contributed by atoms with Crippen molar-refractivity contribution in [2.45, 2.75) is 6.54 Å². The lowest BCUT2D eigenvalue weighted by Gasteiger charge is -2.04. The Morgan fingerprint density at radius 2 is 1.87 bits per heavy atom. The molecule has 0 fully saturated rings. The molecule has 5 rings (SSSR count). The highest BCUT2D eigenvalue weighted by Gasteiger charge is 2.24. The van der Waals surface area contributed by atoms with E-state index >= 15 is 0 Å². The number of carbonyl (C=O) groups is 1. The number of hydrogen-bond donors (Lipinski definition) is 2. The van der Waals surface area contributed by atoms with Crippen molar-refractivity contribution in [1.29, 1.82) is 0 Å². The van der Waals surface area contributed by atoms with Gasteiger partial charge >= 0.3 is 0 Å². The average Bonchev–Trinajstić information content (AvgIpc) is 3.41.